The van der Waals surface area contributed by atoms with E-state index in [-0.39, 0.29) is 23.4 Å². The molecule has 9 heteroatoms. The number of pyridine rings is 1. The van der Waals surface area contributed by atoms with Crippen LogP contribution in [0.1, 0.15) is 16.8 Å². The highest BCUT2D eigenvalue weighted by Crippen LogP contribution is 2.24. The second kappa shape index (κ2) is 7.64. The van der Waals surface area contributed by atoms with Gasteiger partial charge in [0.25, 0.3) is 5.56 Å². The van der Waals surface area contributed by atoms with Gasteiger partial charge in [0.05, 0.1) is 22.2 Å². The van der Waals surface area contributed by atoms with Crippen molar-refractivity contribution in [3.63, 3.8) is 0 Å². The predicted molar refractivity (Wildman–Crippen MR) is 118 cm³/mol. The summed E-state index contributed by atoms with van der Waals surface area (Å²) in [6.07, 6.45) is 3.91. The van der Waals surface area contributed by atoms with Crippen LogP contribution in [0.2, 0.25) is 5.02 Å². The summed E-state index contributed by atoms with van der Waals surface area (Å²) in [6.45, 7) is 1.25. The number of fused-ring (bicyclic) bond motifs is 2. The summed E-state index contributed by atoms with van der Waals surface area (Å²) >= 11 is 6.03. The minimum atomic E-state index is -0.217. The zero-order chi connectivity index (χ0) is 21.5. The highest BCUT2D eigenvalue weighted by Gasteiger charge is 2.24. The van der Waals surface area contributed by atoms with E-state index in [0.29, 0.717) is 52.5 Å². The highest BCUT2D eigenvalue weighted by atomic mass is 35.5. The lowest BCUT2D eigenvalue weighted by molar-refractivity contribution is 0.240. The maximum atomic E-state index is 13.0. The van der Waals surface area contributed by atoms with Crippen LogP contribution in [-0.4, -0.2) is 26.4 Å². The van der Waals surface area contributed by atoms with Crippen LogP contribution in [0.3, 0.4) is 0 Å². The average Bonchev–Trinajstić information content (AvgIpc) is 2.78. The van der Waals surface area contributed by atoms with Gasteiger partial charge in [-0.2, -0.15) is 0 Å². The van der Waals surface area contributed by atoms with Gasteiger partial charge in [-0.1, -0.05) is 11.6 Å². The van der Waals surface area contributed by atoms with Crippen molar-refractivity contribution in [1.82, 2.24) is 19.9 Å². The van der Waals surface area contributed by atoms with E-state index < -0.39 is 0 Å². The predicted octanol–water partition coefficient (Wildman–Crippen LogP) is 2.73. The number of H-pyrrole nitrogens is 1. The molecule has 5 rings (SSSR count). The van der Waals surface area contributed by atoms with E-state index in [2.05, 4.69) is 15.0 Å². The van der Waals surface area contributed by atoms with Gasteiger partial charge in [0, 0.05) is 49.0 Å². The second-order valence-electron chi connectivity index (χ2n) is 7.46. The van der Waals surface area contributed by atoms with Gasteiger partial charge < -0.3 is 15.1 Å². The maximum absolute atomic E-state index is 13.0. The molecule has 3 aromatic heterocycles. The molecule has 0 fully saturated rings. The molecule has 0 atom stereocenters. The fourth-order valence-electron chi connectivity index (χ4n) is 3.85. The van der Waals surface area contributed by atoms with Crippen molar-refractivity contribution in [2.45, 2.75) is 19.5 Å². The number of nitrogens with zero attached hydrogens (tertiary/aromatic N) is 3. The van der Waals surface area contributed by atoms with Crippen LogP contribution in [0.15, 0.2) is 56.7 Å². The molecule has 156 valence electrons. The molecule has 0 aliphatic carbocycles. The molecule has 1 aromatic carbocycles. The number of nitrogens with two attached hydrogens (primary N) is 1. The van der Waals surface area contributed by atoms with Crippen LogP contribution < -0.4 is 16.7 Å². The molecule has 0 saturated heterocycles. The van der Waals surface area contributed by atoms with E-state index in [0.717, 1.165) is 11.3 Å². The molecule has 0 radical (unpaired) electrons. The van der Waals surface area contributed by atoms with Crippen LogP contribution >= 0.6 is 11.6 Å². The van der Waals surface area contributed by atoms with Gasteiger partial charge in [0.1, 0.15) is 11.4 Å². The summed E-state index contributed by atoms with van der Waals surface area (Å²) < 4.78 is 5.63. The van der Waals surface area contributed by atoms with Gasteiger partial charge in [-0.3, -0.25) is 19.5 Å². The van der Waals surface area contributed by atoms with Crippen molar-refractivity contribution in [2.24, 2.45) is 0 Å². The lowest BCUT2D eigenvalue weighted by Crippen LogP contribution is -2.36. The molecule has 31 heavy (non-hydrogen) atoms. The number of hydrogen-bond donors (Lipinski definition) is 2. The fraction of sp³-hybridized carbons (Fsp3) is 0.182. The first-order valence-corrected chi connectivity index (χ1v) is 10.1. The van der Waals surface area contributed by atoms with Crippen LogP contribution in [0.4, 0.5) is 5.88 Å². The number of anilines is 1. The minimum Gasteiger partial charge on any atom is -0.440 e. The third-order valence-electron chi connectivity index (χ3n) is 5.44. The molecule has 0 unspecified atom stereocenters. The summed E-state index contributed by atoms with van der Waals surface area (Å²) in [7, 11) is 0. The van der Waals surface area contributed by atoms with Crippen molar-refractivity contribution in [1.29, 1.82) is 0 Å². The normalized spacial score (nSPS) is 14.0. The summed E-state index contributed by atoms with van der Waals surface area (Å²) in [4.78, 5) is 39.2. The third kappa shape index (κ3) is 3.60. The number of hydrogen-bond acceptors (Lipinski definition) is 7. The summed E-state index contributed by atoms with van der Waals surface area (Å²) in [5, 5.41) is 0.833. The molecule has 0 saturated carbocycles. The number of nitrogen functional groups attached to an aromatic ring is 1. The third-order valence-corrected chi connectivity index (χ3v) is 5.68. The first kappa shape index (κ1) is 19.5. The Hall–Kier alpha value is -3.49. The number of aromatic amines is 1. The van der Waals surface area contributed by atoms with Crippen LogP contribution in [0, 0.1) is 0 Å². The molecule has 0 spiro atoms. The molecule has 3 N–H and O–H groups in total. The molecule has 4 aromatic rings. The Labute approximate surface area is 181 Å². The van der Waals surface area contributed by atoms with Crippen molar-refractivity contribution in [2.75, 3.05) is 12.3 Å². The monoisotopic (exact) mass is 435 g/mol. The van der Waals surface area contributed by atoms with Gasteiger partial charge in [-0.15, -0.1) is 0 Å². The molecular formula is C22H18ClN5O3. The van der Waals surface area contributed by atoms with Gasteiger partial charge in [0.15, 0.2) is 11.3 Å². The molecule has 0 amide bonds. The lowest BCUT2D eigenvalue weighted by atomic mass is 10.1. The first-order chi connectivity index (χ1) is 15.0. The zero-order valence-corrected chi connectivity index (χ0v) is 17.1. The van der Waals surface area contributed by atoms with Gasteiger partial charge in [0.2, 0.25) is 0 Å². The van der Waals surface area contributed by atoms with E-state index in [4.69, 9.17) is 21.8 Å². The maximum Gasteiger partial charge on any atom is 0.255 e. The second-order valence-corrected chi connectivity index (χ2v) is 7.89. The Morgan fingerprint density at radius 1 is 1.26 bits per heavy atom. The van der Waals surface area contributed by atoms with E-state index in [1.807, 2.05) is 11.0 Å². The molecule has 1 aliphatic heterocycles. The summed E-state index contributed by atoms with van der Waals surface area (Å²) in [5.41, 5.74) is 8.47. The Kier molecular flexibility index (Phi) is 4.80. The number of rotatable bonds is 3. The molecule has 4 heterocycles. The SMILES string of the molecule is Nc1oc2ccc(Cl)cc2c(=O)c1CN1CCc2nc(-c3cccnc3)[nH]c(=O)c2C1. The van der Waals surface area contributed by atoms with Crippen molar-refractivity contribution in [3.05, 3.63) is 85.1 Å². The fourth-order valence-corrected chi connectivity index (χ4v) is 4.02. The molecule has 1 aliphatic rings. The highest BCUT2D eigenvalue weighted by molar-refractivity contribution is 6.31. The van der Waals surface area contributed by atoms with Crippen LogP contribution in [0.5, 0.6) is 0 Å². The van der Waals surface area contributed by atoms with Crippen molar-refractivity contribution >= 4 is 28.5 Å². The molecule has 8 nitrogen and oxygen atoms in total. The largest absolute Gasteiger partial charge is 0.440 e. The number of nitrogens with one attached hydrogen (secondary N) is 1. The topological polar surface area (TPSA) is 118 Å². The van der Waals surface area contributed by atoms with E-state index in [1.54, 1.807) is 36.7 Å². The minimum absolute atomic E-state index is 0.0737. The molecular weight excluding hydrogens is 418 g/mol. The first-order valence-electron chi connectivity index (χ1n) is 9.75. The summed E-state index contributed by atoms with van der Waals surface area (Å²) in [6, 6.07) is 8.49. The van der Waals surface area contributed by atoms with Gasteiger partial charge in [-0.25, -0.2) is 4.98 Å². The van der Waals surface area contributed by atoms with Crippen LogP contribution in [0.25, 0.3) is 22.4 Å². The standard InChI is InChI=1S/C22H18ClN5O3/c23-13-3-4-18-14(8-13)19(29)16(20(24)31-18)11-28-7-5-17-15(10-28)22(30)27-21(26-17)12-2-1-6-25-9-12/h1-4,6,8-9H,5,7,10-11,24H2,(H,26,27,30). The number of halogens is 1. The van der Waals surface area contributed by atoms with Crippen molar-refractivity contribution in [3.8, 4) is 11.4 Å². The average molecular weight is 436 g/mol. The zero-order valence-electron chi connectivity index (χ0n) is 16.4. The summed E-state index contributed by atoms with van der Waals surface area (Å²) in [5.74, 6) is 0.575. The van der Waals surface area contributed by atoms with Gasteiger partial charge in [-0.05, 0) is 30.3 Å². The lowest BCUT2D eigenvalue weighted by Gasteiger charge is -2.27. The Bertz CT molecular complexity index is 1410. The Balaban J connectivity index is 1.46. The van der Waals surface area contributed by atoms with E-state index >= 15 is 0 Å². The number of aromatic nitrogens is 3. The molecule has 0 bridgehead atoms. The smallest absolute Gasteiger partial charge is 0.255 e. The van der Waals surface area contributed by atoms with E-state index in [9.17, 15) is 9.59 Å². The van der Waals surface area contributed by atoms with Crippen molar-refractivity contribution < 1.29 is 4.42 Å². The number of benzene rings is 1. The Morgan fingerprint density at radius 2 is 2.13 bits per heavy atom. The Morgan fingerprint density at radius 3 is 2.94 bits per heavy atom. The quantitative estimate of drug-likeness (QED) is 0.508. The van der Waals surface area contributed by atoms with E-state index in [1.165, 1.54) is 0 Å². The van der Waals surface area contributed by atoms with Crippen LogP contribution in [-0.2, 0) is 19.5 Å². The van der Waals surface area contributed by atoms with Gasteiger partial charge >= 0.3 is 0 Å².